The summed E-state index contributed by atoms with van der Waals surface area (Å²) in [5.74, 6) is -0.325. The maximum atomic E-state index is 11.6. The van der Waals surface area contributed by atoms with Crippen molar-refractivity contribution in [3.63, 3.8) is 0 Å². The van der Waals surface area contributed by atoms with Gasteiger partial charge in [-0.3, -0.25) is 0 Å². The van der Waals surface area contributed by atoms with E-state index in [0.717, 1.165) is 25.2 Å². The summed E-state index contributed by atoms with van der Waals surface area (Å²) in [7, 11) is 0. The number of nitrogens with zero attached hydrogens (tertiary/aromatic N) is 1. The molecule has 0 amide bonds. The Morgan fingerprint density at radius 2 is 2.06 bits per heavy atom. The summed E-state index contributed by atoms with van der Waals surface area (Å²) in [5, 5.41) is 0. The first kappa shape index (κ1) is 14.4. The van der Waals surface area contributed by atoms with Gasteiger partial charge < -0.3 is 15.4 Å². The SMILES string of the molecule is CCCN(CC)c1ccc(C(=O)OCC)cc1N. The lowest BCUT2D eigenvalue weighted by Gasteiger charge is -2.24. The standard InChI is InChI=1S/C14H22N2O2/c1-4-9-16(5-2)13-8-7-11(10-12(13)15)14(17)18-6-3/h7-8,10H,4-6,9,15H2,1-3H3. The number of hydrogen-bond donors (Lipinski definition) is 1. The zero-order valence-corrected chi connectivity index (χ0v) is 11.4. The van der Waals surface area contributed by atoms with Crippen LogP contribution in [-0.2, 0) is 4.74 Å². The first-order valence-electron chi connectivity index (χ1n) is 6.45. The Hall–Kier alpha value is -1.71. The van der Waals surface area contributed by atoms with E-state index in [0.29, 0.717) is 17.9 Å². The third-order valence-corrected chi connectivity index (χ3v) is 2.75. The summed E-state index contributed by atoms with van der Waals surface area (Å²) < 4.78 is 4.95. The van der Waals surface area contributed by atoms with Gasteiger partial charge in [-0.05, 0) is 38.5 Å². The third kappa shape index (κ3) is 3.39. The van der Waals surface area contributed by atoms with Crippen LogP contribution in [0.2, 0.25) is 0 Å². The minimum absolute atomic E-state index is 0.325. The lowest BCUT2D eigenvalue weighted by atomic mass is 10.1. The molecule has 0 unspecified atom stereocenters. The van der Waals surface area contributed by atoms with Crippen molar-refractivity contribution in [3.8, 4) is 0 Å². The molecule has 0 heterocycles. The van der Waals surface area contributed by atoms with E-state index in [-0.39, 0.29) is 5.97 Å². The van der Waals surface area contributed by atoms with E-state index >= 15 is 0 Å². The summed E-state index contributed by atoms with van der Waals surface area (Å²) in [4.78, 5) is 13.8. The molecule has 0 spiro atoms. The van der Waals surface area contributed by atoms with Gasteiger partial charge in [-0.1, -0.05) is 6.92 Å². The average Bonchev–Trinajstić information content (AvgIpc) is 2.36. The summed E-state index contributed by atoms with van der Waals surface area (Å²) in [6, 6.07) is 5.34. The van der Waals surface area contributed by atoms with Crippen molar-refractivity contribution >= 4 is 17.3 Å². The van der Waals surface area contributed by atoms with E-state index < -0.39 is 0 Å². The topological polar surface area (TPSA) is 55.6 Å². The maximum absolute atomic E-state index is 11.6. The van der Waals surface area contributed by atoms with Crippen LogP contribution in [0.25, 0.3) is 0 Å². The lowest BCUT2D eigenvalue weighted by molar-refractivity contribution is 0.0526. The second kappa shape index (κ2) is 6.89. The second-order valence-electron chi connectivity index (χ2n) is 4.07. The second-order valence-corrected chi connectivity index (χ2v) is 4.07. The van der Waals surface area contributed by atoms with Crippen LogP contribution < -0.4 is 10.6 Å². The molecule has 0 radical (unpaired) electrons. The molecule has 1 rings (SSSR count). The molecule has 0 fully saturated rings. The van der Waals surface area contributed by atoms with Gasteiger partial charge in [-0.2, -0.15) is 0 Å². The van der Waals surface area contributed by atoms with Gasteiger partial charge in [0, 0.05) is 13.1 Å². The van der Waals surface area contributed by atoms with Crippen molar-refractivity contribution in [1.82, 2.24) is 0 Å². The number of nitrogens with two attached hydrogens (primary N) is 1. The number of hydrogen-bond acceptors (Lipinski definition) is 4. The molecule has 0 aliphatic carbocycles. The fraction of sp³-hybridized carbons (Fsp3) is 0.500. The minimum atomic E-state index is -0.325. The van der Waals surface area contributed by atoms with E-state index in [1.54, 1.807) is 19.1 Å². The first-order valence-corrected chi connectivity index (χ1v) is 6.45. The zero-order valence-electron chi connectivity index (χ0n) is 11.4. The van der Waals surface area contributed by atoms with Gasteiger partial charge in [0.2, 0.25) is 0 Å². The highest BCUT2D eigenvalue weighted by atomic mass is 16.5. The molecule has 0 saturated heterocycles. The van der Waals surface area contributed by atoms with Crippen LogP contribution in [0.3, 0.4) is 0 Å². The number of rotatable bonds is 6. The monoisotopic (exact) mass is 250 g/mol. The van der Waals surface area contributed by atoms with Crippen molar-refractivity contribution in [2.24, 2.45) is 0 Å². The number of nitrogen functional groups attached to an aromatic ring is 1. The van der Waals surface area contributed by atoms with Gasteiger partial charge in [0.25, 0.3) is 0 Å². The molecule has 4 heteroatoms. The number of anilines is 2. The summed E-state index contributed by atoms with van der Waals surface area (Å²) >= 11 is 0. The van der Waals surface area contributed by atoms with Crippen LogP contribution in [0.1, 0.15) is 37.6 Å². The van der Waals surface area contributed by atoms with Crippen LogP contribution >= 0.6 is 0 Å². The van der Waals surface area contributed by atoms with E-state index in [1.165, 1.54) is 0 Å². The third-order valence-electron chi connectivity index (χ3n) is 2.75. The smallest absolute Gasteiger partial charge is 0.338 e. The Morgan fingerprint density at radius 3 is 2.56 bits per heavy atom. The van der Waals surface area contributed by atoms with Crippen LogP contribution in [0.5, 0.6) is 0 Å². The van der Waals surface area contributed by atoms with Crippen molar-refractivity contribution < 1.29 is 9.53 Å². The number of carbonyl (C=O) groups excluding carboxylic acids is 1. The largest absolute Gasteiger partial charge is 0.462 e. The molecule has 0 aliphatic rings. The van der Waals surface area contributed by atoms with E-state index in [4.69, 9.17) is 10.5 Å². The predicted molar refractivity (Wildman–Crippen MR) is 75.0 cm³/mol. The van der Waals surface area contributed by atoms with Gasteiger partial charge in [-0.15, -0.1) is 0 Å². The van der Waals surface area contributed by atoms with Crippen molar-refractivity contribution in [2.75, 3.05) is 30.3 Å². The normalized spacial score (nSPS) is 10.2. The maximum Gasteiger partial charge on any atom is 0.338 e. The van der Waals surface area contributed by atoms with E-state index in [2.05, 4.69) is 18.7 Å². The predicted octanol–water partition coefficient (Wildman–Crippen LogP) is 2.68. The van der Waals surface area contributed by atoms with Crippen LogP contribution in [0.15, 0.2) is 18.2 Å². The minimum Gasteiger partial charge on any atom is -0.462 e. The van der Waals surface area contributed by atoms with Crippen molar-refractivity contribution in [2.45, 2.75) is 27.2 Å². The molecule has 1 aromatic rings. The van der Waals surface area contributed by atoms with Gasteiger partial charge in [0.1, 0.15) is 0 Å². The summed E-state index contributed by atoms with van der Waals surface area (Å²) in [6.07, 6.45) is 1.06. The highest BCUT2D eigenvalue weighted by molar-refractivity contribution is 5.92. The number of benzene rings is 1. The Bertz CT molecular complexity index is 405. The fourth-order valence-corrected chi connectivity index (χ4v) is 1.90. The summed E-state index contributed by atoms with van der Waals surface area (Å²) in [5.41, 5.74) is 8.12. The van der Waals surface area contributed by atoms with Crippen LogP contribution in [-0.4, -0.2) is 25.7 Å². The lowest BCUT2D eigenvalue weighted by Crippen LogP contribution is -2.24. The van der Waals surface area contributed by atoms with Gasteiger partial charge in [0.05, 0.1) is 23.5 Å². The quantitative estimate of drug-likeness (QED) is 0.623. The Labute approximate surface area is 109 Å². The Kier molecular flexibility index (Phi) is 5.49. The zero-order chi connectivity index (χ0) is 13.5. The van der Waals surface area contributed by atoms with Gasteiger partial charge in [0.15, 0.2) is 0 Å². The van der Waals surface area contributed by atoms with Crippen molar-refractivity contribution in [1.29, 1.82) is 0 Å². The van der Waals surface area contributed by atoms with E-state index in [9.17, 15) is 4.79 Å². The average molecular weight is 250 g/mol. The Morgan fingerprint density at radius 1 is 1.33 bits per heavy atom. The molecule has 1 aromatic carbocycles. The number of ether oxygens (including phenoxy) is 1. The van der Waals surface area contributed by atoms with Gasteiger partial charge >= 0.3 is 5.97 Å². The molecule has 4 nitrogen and oxygen atoms in total. The molecular formula is C14H22N2O2. The molecule has 0 aliphatic heterocycles. The fourth-order valence-electron chi connectivity index (χ4n) is 1.90. The van der Waals surface area contributed by atoms with Crippen LogP contribution in [0.4, 0.5) is 11.4 Å². The molecule has 0 saturated carbocycles. The number of esters is 1. The molecular weight excluding hydrogens is 228 g/mol. The molecule has 18 heavy (non-hydrogen) atoms. The van der Waals surface area contributed by atoms with Crippen molar-refractivity contribution in [3.05, 3.63) is 23.8 Å². The molecule has 0 aromatic heterocycles. The highest BCUT2D eigenvalue weighted by Gasteiger charge is 2.11. The summed E-state index contributed by atoms with van der Waals surface area (Å²) in [6.45, 7) is 8.24. The van der Waals surface area contributed by atoms with Gasteiger partial charge in [-0.25, -0.2) is 4.79 Å². The molecule has 100 valence electrons. The van der Waals surface area contributed by atoms with Crippen LogP contribution in [0, 0.1) is 0 Å². The molecule has 0 bridgehead atoms. The highest BCUT2D eigenvalue weighted by Crippen LogP contribution is 2.24. The Balaban J connectivity index is 2.94. The first-order chi connectivity index (χ1) is 8.63. The van der Waals surface area contributed by atoms with E-state index in [1.807, 2.05) is 6.07 Å². The number of carbonyl (C=O) groups is 1. The molecule has 2 N–H and O–H groups in total. The molecule has 0 atom stereocenters.